The third kappa shape index (κ3) is 6.80. The zero-order chi connectivity index (χ0) is 23.8. The topological polar surface area (TPSA) is 45.5 Å². The van der Waals surface area contributed by atoms with Crippen molar-refractivity contribution in [2.75, 3.05) is 31.5 Å². The summed E-state index contributed by atoms with van der Waals surface area (Å²) in [6.07, 6.45) is 6.90. The number of likely N-dealkylation sites (tertiary alicyclic amines) is 1. The van der Waals surface area contributed by atoms with Gasteiger partial charge < -0.3 is 10.2 Å². The summed E-state index contributed by atoms with van der Waals surface area (Å²) in [5, 5.41) is 8.24. The molecule has 6 heteroatoms. The molecule has 33 heavy (non-hydrogen) atoms. The van der Waals surface area contributed by atoms with Crippen molar-refractivity contribution in [1.82, 2.24) is 19.5 Å². The molecule has 0 spiro atoms. The third-order valence-electron chi connectivity index (χ3n) is 6.29. The molecule has 1 aliphatic rings. The van der Waals surface area contributed by atoms with Gasteiger partial charge in [0.25, 0.3) is 0 Å². The Morgan fingerprint density at radius 1 is 1.21 bits per heavy atom. The molecule has 3 aromatic rings. The number of hydrogen-bond donors (Lipinski definition) is 1. The van der Waals surface area contributed by atoms with E-state index in [-0.39, 0.29) is 0 Å². The minimum atomic E-state index is 0.659. The molecule has 1 fully saturated rings. The number of benzene rings is 1. The SMILES string of the molecule is CCC.CCC(C)CN1CCCC(CNc2cc(-c3ccccc3C)nc3c(Br)cnn23)C1. The second kappa shape index (κ2) is 12.5. The van der Waals surface area contributed by atoms with Gasteiger partial charge in [0.15, 0.2) is 5.65 Å². The summed E-state index contributed by atoms with van der Waals surface area (Å²) >= 11 is 3.61. The first kappa shape index (κ1) is 25.7. The Kier molecular flexibility index (Phi) is 9.75. The maximum atomic E-state index is 4.88. The molecule has 0 amide bonds. The first-order valence-corrected chi connectivity index (χ1v) is 13.3. The Morgan fingerprint density at radius 3 is 2.70 bits per heavy atom. The van der Waals surface area contributed by atoms with E-state index < -0.39 is 0 Å². The lowest BCUT2D eigenvalue weighted by atomic mass is 9.96. The number of anilines is 1. The van der Waals surface area contributed by atoms with Crippen molar-refractivity contribution < 1.29 is 0 Å². The maximum Gasteiger partial charge on any atom is 0.172 e. The molecule has 0 bridgehead atoms. The van der Waals surface area contributed by atoms with Crippen LogP contribution < -0.4 is 5.32 Å². The first-order chi connectivity index (χ1) is 16.0. The van der Waals surface area contributed by atoms with E-state index in [0.29, 0.717) is 5.92 Å². The number of rotatable bonds is 7. The van der Waals surface area contributed by atoms with Crippen LogP contribution in [0.4, 0.5) is 5.82 Å². The van der Waals surface area contributed by atoms with Crippen LogP contribution in [0.3, 0.4) is 0 Å². The van der Waals surface area contributed by atoms with Gasteiger partial charge in [0.1, 0.15) is 5.82 Å². The Balaban J connectivity index is 0.000000968. The normalized spacial score (nSPS) is 17.5. The highest BCUT2D eigenvalue weighted by Gasteiger charge is 2.21. The lowest BCUT2D eigenvalue weighted by molar-refractivity contribution is 0.158. The monoisotopic (exact) mass is 513 g/mol. The summed E-state index contributed by atoms with van der Waals surface area (Å²) in [4.78, 5) is 7.53. The lowest BCUT2D eigenvalue weighted by Crippen LogP contribution is -2.40. The minimum absolute atomic E-state index is 0.659. The predicted octanol–water partition coefficient (Wildman–Crippen LogP) is 7.05. The summed E-state index contributed by atoms with van der Waals surface area (Å²) < 4.78 is 2.82. The maximum absolute atomic E-state index is 4.88. The number of halogens is 1. The quantitative estimate of drug-likeness (QED) is 0.367. The number of piperidine rings is 1. The van der Waals surface area contributed by atoms with Gasteiger partial charge in [-0.15, -0.1) is 0 Å². The summed E-state index contributed by atoms with van der Waals surface area (Å²) in [5.74, 6) is 2.43. The molecule has 1 saturated heterocycles. The van der Waals surface area contributed by atoms with Crippen LogP contribution in [0, 0.1) is 18.8 Å². The molecule has 0 radical (unpaired) electrons. The van der Waals surface area contributed by atoms with Crippen LogP contribution in [-0.4, -0.2) is 45.7 Å². The van der Waals surface area contributed by atoms with Crippen molar-refractivity contribution in [2.24, 2.45) is 11.8 Å². The summed E-state index contributed by atoms with van der Waals surface area (Å²) in [6.45, 7) is 15.6. The Labute approximate surface area is 208 Å². The second-order valence-electron chi connectivity index (χ2n) is 9.44. The van der Waals surface area contributed by atoms with Gasteiger partial charge >= 0.3 is 0 Å². The number of aromatic nitrogens is 3. The first-order valence-electron chi connectivity index (χ1n) is 12.5. The van der Waals surface area contributed by atoms with Crippen LogP contribution in [-0.2, 0) is 0 Å². The van der Waals surface area contributed by atoms with Gasteiger partial charge in [-0.25, -0.2) is 4.98 Å². The zero-order valence-electron chi connectivity index (χ0n) is 20.9. The van der Waals surface area contributed by atoms with Gasteiger partial charge in [-0.2, -0.15) is 9.61 Å². The molecular formula is C27H40BrN5. The highest BCUT2D eigenvalue weighted by molar-refractivity contribution is 9.10. The molecule has 4 rings (SSSR count). The van der Waals surface area contributed by atoms with Crippen LogP contribution in [0.25, 0.3) is 16.9 Å². The van der Waals surface area contributed by atoms with Crippen molar-refractivity contribution in [3.05, 3.63) is 46.6 Å². The number of fused-ring (bicyclic) bond motifs is 1. The van der Waals surface area contributed by atoms with Crippen molar-refractivity contribution in [2.45, 2.75) is 60.3 Å². The van der Waals surface area contributed by atoms with E-state index in [1.54, 1.807) is 0 Å². The van der Waals surface area contributed by atoms with E-state index in [0.717, 1.165) is 39.7 Å². The van der Waals surface area contributed by atoms with E-state index in [4.69, 9.17) is 4.98 Å². The highest BCUT2D eigenvalue weighted by atomic mass is 79.9. The molecule has 2 unspecified atom stereocenters. The van der Waals surface area contributed by atoms with Crippen LogP contribution >= 0.6 is 15.9 Å². The minimum Gasteiger partial charge on any atom is -0.370 e. The van der Waals surface area contributed by atoms with Gasteiger partial charge in [-0.05, 0) is 59.6 Å². The van der Waals surface area contributed by atoms with E-state index in [1.807, 2.05) is 10.7 Å². The molecular weight excluding hydrogens is 474 g/mol. The predicted molar refractivity (Wildman–Crippen MR) is 144 cm³/mol. The molecule has 180 valence electrons. The molecule has 0 aliphatic carbocycles. The van der Waals surface area contributed by atoms with E-state index in [2.05, 4.69) is 96.2 Å². The smallest absolute Gasteiger partial charge is 0.172 e. The van der Waals surface area contributed by atoms with Crippen molar-refractivity contribution in [3.63, 3.8) is 0 Å². The number of nitrogens with one attached hydrogen (secondary N) is 1. The molecule has 1 aromatic carbocycles. The number of aryl methyl sites for hydroxylation is 1. The standard InChI is InChI=1S/C24H32BrN5.C3H8/c1-4-17(2)15-29-11-7-9-19(16-29)13-26-23-12-22(20-10-6-5-8-18(20)3)28-24-21(25)14-27-30(23)24;1-3-2/h5-6,8,10,12,14,17,19,26H,4,7,9,11,13,15-16H2,1-3H3;3H2,1-2H3. The molecule has 0 saturated carbocycles. The fourth-order valence-corrected chi connectivity index (χ4v) is 4.71. The van der Waals surface area contributed by atoms with Crippen molar-refractivity contribution >= 4 is 27.4 Å². The average molecular weight is 515 g/mol. The van der Waals surface area contributed by atoms with Gasteiger partial charge in [-0.1, -0.05) is 64.8 Å². The fraction of sp³-hybridized carbons (Fsp3) is 0.556. The Hall–Kier alpha value is -1.92. The summed E-state index contributed by atoms with van der Waals surface area (Å²) in [7, 11) is 0. The van der Waals surface area contributed by atoms with E-state index in [9.17, 15) is 0 Å². The largest absolute Gasteiger partial charge is 0.370 e. The highest BCUT2D eigenvalue weighted by Crippen LogP contribution is 2.28. The van der Waals surface area contributed by atoms with E-state index >= 15 is 0 Å². The van der Waals surface area contributed by atoms with Crippen LogP contribution in [0.15, 0.2) is 41.0 Å². The lowest BCUT2D eigenvalue weighted by Gasteiger charge is -2.34. The van der Waals surface area contributed by atoms with Crippen molar-refractivity contribution in [1.29, 1.82) is 0 Å². The van der Waals surface area contributed by atoms with Crippen LogP contribution in [0.2, 0.25) is 0 Å². The van der Waals surface area contributed by atoms with Crippen LogP contribution in [0.1, 0.15) is 58.9 Å². The molecule has 1 N–H and O–H groups in total. The summed E-state index contributed by atoms with van der Waals surface area (Å²) in [6, 6.07) is 10.5. The van der Waals surface area contributed by atoms with Gasteiger partial charge in [0.05, 0.1) is 16.4 Å². The fourth-order valence-electron chi connectivity index (χ4n) is 4.36. The second-order valence-corrected chi connectivity index (χ2v) is 10.3. The summed E-state index contributed by atoms with van der Waals surface area (Å²) in [5.41, 5.74) is 4.21. The number of hydrogen-bond acceptors (Lipinski definition) is 4. The number of nitrogens with zero attached hydrogens (tertiary/aromatic N) is 4. The van der Waals surface area contributed by atoms with Gasteiger partial charge in [0.2, 0.25) is 0 Å². The molecule has 3 heterocycles. The van der Waals surface area contributed by atoms with Gasteiger partial charge in [0, 0.05) is 31.3 Å². The zero-order valence-corrected chi connectivity index (χ0v) is 22.5. The average Bonchev–Trinajstić information content (AvgIpc) is 3.19. The molecule has 1 aliphatic heterocycles. The van der Waals surface area contributed by atoms with E-state index in [1.165, 1.54) is 50.9 Å². The van der Waals surface area contributed by atoms with Gasteiger partial charge in [-0.3, -0.25) is 0 Å². The Morgan fingerprint density at radius 2 is 1.97 bits per heavy atom. The van der Waals surface area contributed by atoms with Crippen LogP contribution in [0.5, 0.6) is 0 Å². The molecule has 2 aromatic heterocycles. The molecule has 5 nitrogen and oxygen atoms in total. The Bertz CT molecular complexity index is 1010. The van der Waals surface area contributed by atoms with Crippen molar-refractivity contribution in [3.8, 4) is 11.3 Å². The molecule has 2 atom stereocenters. The third-order valence-corrected chi connectivity index (χ3v) is 6.85.